The third-order valence-corrected chi connectivity index (χ3v) is 4.17. The molecule has 7 nitrogen and oxygen atoms in total. The van der Waals surface area contributed by atoms with Crippen molar-refractivity contribution in [3.05, 3.63) is 59.3 Å². The van der Waals surface area contributed by atoms with Gasteiger partial charge in [0.05, 0.1) is 31.5 Å². The van der Waals surface area contributed by atoms with Gasteiger partial charge in [0.15, 0.2) is 0 Å². The number of carbonyl (C=O) groups excluding carboxylic acids is 2. The van der Waals surface area contributed by atoms with E-state index in [2.05, 4.69) is 19.9 Å². The summed E-state index contributed by atoms with van der Waals surface area (Å²) in [7, 11) is 1.34. The number of carbonyl (C=O) groups is 2. The first-order valence-corrected chi connectivity index (χ1v) is 8.42. The SMILES string of the molecule is COC(=O)c1ccc(CNC(=O)c2cccnc2N2CCOCC2)cc1. The molecule has 0 bridgehead atoms. The van der Waals surface area contributed by atoms with Crippen molar-refractivity contribution in [1.29, 1.82) is 0 Å². The number of nitrogens with one attached hydrogen (secondary N) is 1. The summed E-state index contributed by atoms with van der Waals surface area (Å²) in [5.74, 6) is 0.108. The zero-order valence-electron chi connectivity index (χ0n) is 14.6. The quantitative estimate of drug-likeness (QED) is 0.821. The number of ether oxygens (including phenoxy) is 2. The van der Waals surface area contributed by atoms with Crippen LogP contribution in [0.4, 0.5) is 5.82 Å². The number of hydrogen-bond acceptors (Lipinski definition) is 6. The summed E-state index contributed by atoms with van der Waals surface area (Å²) in [6, 6.07) is 10.5. The Morgan fingerprint density at radius 1 is 1.19 bits per heavy atom. The van der Waals surface area contributed by atoms with Crippen LogP contribution < -0.4 is 10.2 Å². The summed E-state index contributed by atoms with van der Waals surface area (Å²) >= 11 is 0. The van der Waals surface area contributed by atoms with Gasteiger partial charge in [-0.1, -0.05) is 12.1 Å². The molecule has 1 aliphatic rings. The molecular weight excluding hydrogens is 334 g/mol. The summed E-state index contributed by atoms with van der Waals surface area (Å²) < 4.78 is 10.0. The Morgan fingerprint density at radius 2 is 1.92 bits per heavy atom. The molecule has 3 rings (SSSR count). The summed E-state index contributed by atoms with van der Waals surface area (Å²) in [6.07, 6.45) is 1.69. The minimum absolute atomic E-state index is 0.184. The number of morpholine rings is 1. The monoisotopic (exact) mass is 355 g/mol. The number of rotatable bonds is 5. The Hall–Kier alpha value is -2.93. The maximum absolute atomic E-state index is 12.6. The van der Waals surface area contributed by atoms with Crippen LogP contribution in [0.15, 0.2) is 42.6 Å². The molecule has 7 heteroatoms. The lowest BCUT2D eigenvalue weighted by Crippen LogP contribution is -2.38. The highest BCUT2D eigenvalue weighted by Gasteiger charge is 2.19. The highest BCUT2D eigenvalue weighted by atomic mass is 16.5. The lowest BCUT2D eigenvalue weighted by Gasteiger charge is -2.29. The van der Waals surface area contributed by atoms with Gasteiger partial charge < -0.3 is 19.7 Å². The predicted octanol–water partition coefficient (Wildman–Crippen LogP) is 1.63. The molecule has 0 spiro atoms. The first kappa shape index (κ1) is 17.9. The standard InChI is InChI=1S/C19H21N3O4/c1-25-19(24)15-6-4-14(5-7-15)13-21-18(23)16-3-2-8-20-17(16)22-9-11-26-12-10-22/h2-8H,9-13H2,1H3,(H,21,23). The van der Waals surface area contributed by atoms with Crippen LogP contribution in [0.25, 0.3) is 0 Å². The van der Waals surface area contributed by atoms with Crippen LogP contribution in [0, 0.1) is 0 Å². The Balaban J connectivity index is 1.66. The second kappa shape index (κ2) is 8.44. The van der Waals surface area contributed by atoms with Crippen molar-refractivity contribution in [2.45, 2.75) is 6.54 Å². The smallest absolute Gasteiger partial charge is 0.337 e. The normalized spacial score (nSPS) is 14.0. The van der Waals surface area contributed by atoms with Crippen LogP contribution in [0.5, 0.6) is 0 Å². The molecule has 0 atom stereocenters. The average molecular weight is 355 g/mol. The Morgan fingerprint density at radius 3 is 2.62 bits per heavy atom. The van der Waals surface area contributed by atoms with Crippen molar-refractivity contribution < 1.29 is 19.1 Å². The first-order chi connectivity index (χ1) is 12.7. The fourth-order valence-electron chi connectivity index (χ4n) is 2.76. The second-order valence-corrected chi connectivity index (χ2v) is 5.85. The van der Waals surface area contributed by atoms with Gasteiger partial charge in [-0.15, -0.1) is 0 Å². The van der Waals surface area contributed by atoms with Gasteiger partial charge in [0, 0.05) is 25.8 Å². The highest BCUT2D eigenvalue weighted by Crippen LogP contribution is 2.18. The fourth-order valence-corrected chi connectivity index (χ4v) is 2.76. The van der Waals surface area contributed by atoms with E-state index in [4.69, 9.17) is 4.74 Å². The summed E-state index contributed by atoms with van der Waals surface area (Å²) in [5, 5.41) is 2.90. The van der Waals surface area contributed by atoms with E-state index >= 15 is 0 Å². The number of hydrogen-bond donors (Lipinski definition) is 1. The van der Waals surface area contributed by atoms with E-state index in [1.807, 2.05) is 0 Å². The number of aromatic nitrogens is 1. The largest absolute Gasteiger partial charge is 0.465 e. The Bertz CT molecular complexity index is 771. The molecular formula is C19H21N3O4. The van der Waals surface area contributed by atoms with Crippen molar-refractivity contribution in [3.63, 3.8) is 0 Å². The van der Waals surface area contributed by atoms with Gasteiger partial charge in [0.25, 0.3) is 5.91 Å². The Labute approximate surface area is 151 Å². The van der Waals surface area contributed by atoms with Crippen LogP contribution in [-0.4, -0.2) is 50.3 Å². The maximum atomic E-state index is 12.6. The molecule has 0 saturated carbocycles. The average Bonchev–Trinajstić information content (AvgIpc) is 2.72. The van der Waals surface area contributed by atoms with Crippen LogP contribution in [0.1, 0.15) is 26.3 Å². The molecule has 26 heavy (non-hydrogen) atoms. The lowest BCUT2D eigenvalue weighted by atomic mass is 10.1. The third-order valence-electron chi connectivity index (χ3n) is 4.17. The van der Waals surface area contributed by atoms with Crippen molar-refractivity contribution in [2.75, 3.05) is 38.3 Å². The molecule has 2 aromatic rings. The summed E-state index contributed by atoms with van der Waals surface area (Å²) in [4.78, 5) is 30.5. The lowest BCUT2D eigenvalue weighted by molar-refractivity contribution is 0.0600. The minimum Gasteiger partial charge on any atom is -0.465 e. The molecule has 1 aromatic carbocycles. The molecule has 1 aliphatic heterocycles. The van der Waals surface area contributed by atoms with Gasteiger partial charge >= 0.3 is 5.97 Å². The number of methoxy groups -OCH3 is 1. The zero-order valence-corrected chi connectivity index (χ0v) is 14.6. The fraction of sp³-hybridized carbons (Fsp3) is 0.316. The van der Waals surface area contributed by atoms with E-state index in [1.165, 1.54) is 7.11 Å². The number of pyridine rings is 1. The van der Waals surface area contributed by atoms with Crippen molar-refractivity contribution in [2.24, 2.45) is 0 Å². The molecule has 0 aliphatic carbocycles. The van der Waals surface area contributed by atoms with Crippen molar-refractivity contribution in [3.8, 4) is 0 Å². The third kappa shape index (κ3) is 4.18. The van der Waals surface area contributed by atoms with E-state index in [1.54, 1.807) is 42.6 Å². The van der Waals surface area contributed by atoms with Gasteiger partial charge in [-0.2, -0.15) is 0 Å². The predicted molar refractivity (Wildman–Crippen MR) is 96.2 cm³/mol. The number of anilines is 1. The van der Waals surface area contributed by atoms with Crippen LogP contribution in [0.2, 0.25) is 0 Å². The first-order valence-electron chi connectivity index (χ1n) is 8.42. The summed E-state index contributed by atoms with van der Waals surface area (Å²) in [6.45, 7) is 3.05. The molecule has 2 heterocycles. The van der Waals surface area contributed by atoms with Crippen molar-refractivity contribution in [1.82, 2.24) is 10.3 Å². The number of esters is 1. The topological polar surface area (TPSA) is 80.8 Å². The molecule has 1 aromatic heterocycles. The van der Waals surface area contributed by atoms with Crippen LogP contribution in [0.3, 0.4) is 0 Å². The Kier molecular flexibility index (Phi) is 5.80. The molecule has 1 amide bonds. The summed E-state index contributed by atoms with van der Waals surface area (Å²) in [5.41, 5.74) is 1.91. The highest BCUT2D eigenvalue weighted by molar-refractivity contribution is 5.98. The van der Waals surface area contributed by atoms with Gasteiger partial charge in [0.2, 0.25) is 0 Å². The number of nitrogens with zero attached hydrogens (tertiary/aromatic N) is 2. The second-order valence-electron chi connectivity index (χ2n) is 5.85. The van der Waals surface area contributed by atoms with Gasteiger partial charge in [-0.05, 0) is 29.8 Å². The molecule has 1 fully saturated rings. The zero-order chi connectivity index (χ0) is 18.4. The van der Waals surface area contributed by atoms with Crippen LogP contribution in [-0.2, 0) is 16.0 Å². The minimum atomic E-state index is -0.383. The van der Waals surface area contributed by atoms with Gasteiger partial charge in [-0.25, -0.2) is 9.78 Å². The molecule has 1 N–H and O–H groups in total. The van der Waals surface area contributed by atoms with Gasteiger partial charge in [-0.3, -0.25) is 4.79 Å². The van der Waals surface area contributed by atoms with Gasteiger partial charge in [0.1, 0.15) is 5.82 Å². The molecule has 0 unspecified atom stereocenters. The van der Waals surface area contributed by atoms with E-state index in [0.717, 1.165) is 5.56 Å². The molecule has 1 saturated heterocycles. The molecule has 0 radical (unpaired) electrons. The van der Waals surface area contributed by atoms with E-state index in [0.29, 0.717) is 49.8 Å². The number of amides is 1. The van der Waals surface area contributed by atoms with E-state index in [9.17, 15) is 9.59 Å². The van der Waals surface area contributed by atoms with Crippen molar-refractivity contribution >= 4 is 17.7 Å². The molecule has 136 valence electrons. The van der Waals surface area contributed by atoms with E-state index < -0.39 is 0 Å². The van der Waals surface area contributed by atoms with Crippen LogP contribution >= 0.6 is 0 Å². The van der Waals surface area contributed by atoms with E-state index in [-0.39, 0.29) is 11.9 Å². The number of benzene rings is 1. The maximum Gasteiger partial charge on any atom is 0.337 e.